The molecule has 0 bridgehead atoms. The Morgan fingerprint density at radius 2 is 1.33 bits per heavy atom. The summed E-state index contributed by atoms with van der Waals surface area (Å²) in [6.45, 7) is 3.92. The highest BCUT2D eigenvalue weighted by atomic mass is 19.2. The molecule has 0 aromatic heterocycles. The fourth-order valence-corrected chi connectivity index (χ4v) is 3.72. The van der Waals surface area contributed by atoms with E-state index in [2.05, 4.69) is 6.92 Å². The van der Waals surface area contributed by atoms with Gasteiger partial charge in [0.15, 0.2) is 23.2 Å². The molecule has 0 saturated heterocycles. The molecule has 0 spiro atoms. The predicted molar refractivity (Wildman–Crippen MR) is 97.7 cm³/mol. The lowest BCUT2D eigenvalue weighted by molar-refractivity contribution is 0.175. The summed E-state index contributed by atoms with van der Waals surface area (Å²) in [5.74, 6) is -3.76. The van der Waals surface area contributed by atoms with Crippen molar-refractivity contribution in [2.24, 2.45) is 11.8 Å². The SMILES string of the molecule is CCC1CCC(COc2ccc(-c3ccc(C)c(F)c3F)c(F)c2F)CC1. The van der Waals surface area contributed by atoms with Gasteiger partial charge in [-0.25, -0.2) is 13.2 Å². The minimum atomic E-state index is -1.23. The standard InChI is InChI=1S/C22H24F4O/c1-3-14-5-7-15(8-6-14)12-27-18-11-10-17(21(25)22(18)26)16-9-4-13(2)19(23)20(16)24/h4,9-11,14-15H,3,5-8,12H2,1-2H3. The largest absolute Gasteiger partial charge is 0.490 e. The van der Waals surface area contributed by atoms with Crippen molar-refractivity contribution in [2.45, 2.75) is 46.0 Å². The van der Waals surface area contributed by atoms with Crippen molar-refractivity contribution in [3.63, 3.8) is 0 Å². The van der Waals surface area contributed by atoms with Crippen LogP contribution in [0, 0.1) is 42.0 Å². The molecule has 0 N–H and O–H groups in total. The van der Waals surface area contributed by atoms with Gasteiger partial charge in [-0.1, -0.05) is 38.3 Å². The first-order valence-electron chi connectivity index (χ1n) is 9.48. The molecule has 1 nitrogen and oxygen atoms in total. The van der Waals surface area contributed by atoms with Gasteiger partial charge in [0.25, 0.3) is 0 Å². The Morgan fingerprint density at radius 1 is 0.778 bits per heavy atom. The van der Waals surface area contributed by atoms with E-state index in [-0.39, 0.29) is 22.4 Å². The van der Waals surface area contributed by atoms with Gasteiger partial charge < -0.3 is 4.74 Å². The molecule has 1 fully saturated rings. The summed E-state index contributed by atoms with van der Waals surface area (Å²) < 4.78 is 62.3. The van der Waals surface area contributed by atoms with E-state index in [9.17, 15) is 17.6 Å². The molecule has 27 heavy (non-hydrogen) atoms. The van der Waals surface area contributed by atoms with Gasteiger partial charge in [0, 0.05) is 11.1 Å². The summed E-state index contributed by atoms with van der Waals surface area (Å²) >= 11 is 0. The van der Waals surface area contributed by atoms with Crippen molar-refractivity contribution in [1.29, 1.82) is 0 Å². The first kappa shape index (κ1) is 19.7. The molecule has 0 radical (unpaired) electrons. The van der Waals surface area contributed by atoms with E-state index in [1.54, 1.807) is 0 Å². The highest BCUT2D eigenvalue weighted by Crippen LogP contribution is 2.34. The summed E-state index contributed by atoms with van der Waals surface area (Å²) in [5.41, 5.74) is -0.520. The highest BCUT2D eigenvalue weighted by molar-refractivity contribution is 5.66. The van der Waals surface area contributed by atoms with Crippen LogP contribution in [0.3, 0.4) is 0 Å². The smallest absolute Gasteiger partial charge is 0.201 e. The minimum Gasteiger partial charge on any atom is -0.490 e. The van der Waals surface area contributed by atoms with E-state index in [1.807, 2.05) is 0 Å². The van der Waals surface area contributed by atoms with Crippen LogP contribution < -0.4 is 4.74 Å². The van der Waals surface area contributed by atoms with Crippen LogP contribution >= 0.6 is 0 Å². The molecule has 0 heterocycles. The molecule has 1 aliphatic carbocycles. The molecular formula is C22H24F4O. The number of ether oxygens (including phenoxy) is 1. The van der Waals surface area contributed by atoms with Crippen molar-refractivity contribution in [3.8, 4) is 16.9 Å². The van der Waals surface area contributed by atoms with Crippen LogP contribution in [-0.4, -0.2) is 6.61 Å². The second kappa shape index (κ2) is 8.32. The molecular weight excluding hydrogens is 356 g/mol. The van der Waals surface area contributed by atoms with Gasteiger partial charge in [0.05, 0.1) is 6.61 Å². The number of rotatable bonds is 5. The number of hydrogen-bond acceptors (Lipinski definition) is 1. The average Bonchev–Trinajstić information content (AvgIpc) is 2.68. The second-order valence-corrected chi connectivity index (χ2v) is 7.40. The molecule has 1 saturated carbocycles. The van der Waals surface area contributed by atoms with Gasteiger partial charge in [0.2, 0.25) is 5.82 Å². The maximum Gasteiger partial charge on any atom is 0.201 e. The lowest BCUT2D eigenvalue weighted by Crippen LogP contribution is -2.20. The summed E-state index contributed by atoms with van der Waals surface area (Å²) in [4.78, 5) is 0. The van der Waals surface area contributed by atoms with Crippen LogP contribution in [0.2, 0.25) is 0 Å². The molecule has 0 aliphatic heterocycles. The van der Waals surface area contributed by atoms with E-state index in [0.29, 0.717) is 12.5 Å². The fraction of sp³-hybridized carbons (Fsp3) is 0.455. The zero-order chi connectivity index (χ0) is 19.6. The van der Waals surface area contributed by atoms with Gasteiger partial charge in [-0.2, -0.15) is 4.39 Å². The van der Waals surface area contributed by atoms with Gasteiger partial charge >= 0.3 is 0 Å². The van der Waals surface area contributed by atoms with Gasteiger partial charge in [-0.15, -0.1) is 0 Å². The monoisotopic (exact) mass is 380 g/mol. The van der Waals surface area contributed by atoms with E-state index < -0.39 is 23.3 Å². The number of benzene rings is 2. The van der Waals surface area contributed by atoms with Crippen LogP contribution in [0.4, 0.5) is 17.6 Å². The van der Waals surface area contributed by atoms with Crippen LogP contribution in [0.5, 0.6) is 5.75 Å². The Bertz CT molecular complexity index is 810. The Labute approximate surface area is 157 Å². The van der Waals surface area contributed by atoms with Gasteiger partial charge in [-0.05, 0) is 49.3 Å². The molecule has 146 valence electrons. The average molecular weight is 380 g/mol. The van der Waals surface area contributed by atoms with Crippen LogP contribution in [0.15, 0.2) is 24.3 Å². The van der Waals surface area contributed by atoms with E-state index >= 15 is 0 Å². The van der Waals surface area contributed by atoms with Crippen LogP contribution in [-0.2, 0) is 0 Å². The van der Waals surface area contributed by atoms with E-state index in [0.717, 1.165) is 31.6 Å². The highest BCUT2D eigenvalue weighted by Gasteiger charge is 2.23. The second-order valence-electron chi connectivity index (χ2n) is 7.40. The summed E-state index contributed by atoms with van der Waals surface area (Å²) in [6.07, 6.45) is 5.49. The summed E-state index contributed by atoms with van der Waals surface area (Å²) in [7, 11) is 0. The molecule has 0 atom stereocenters. The van der Waals surface area contributed by atoms with Crippen molar-refractivity contribution < 1.29 is 22.3 Å². The third-order valence-corrected chi connectivity index (χ3v) is 5.63. The molecule has 2 aromatic rings. The van der Waals surface area contributed by atoms with Gasteiger partial charge in [0.1, 0.15) is 0 Å². The Balaban J connectivity index is 1.75. The topological polar surface area (TPSA) is 9.23 Å². The maximum atomic E-state index is 14.5. The Morgan fingerprint density at radius 3 is 1.96 bits per heavy atom. The van der Waals surface area contributed by atoms with Gasteiger partial charge in [-0.3, -0.25) is 0 Å². The third-order valence-electron chi connectivity index (χ3n) is 5.63. The van der Waals surface area contributed by atoms with E-state index in [1.165, 1.54) is 37.6 Å². The van der Waals surface area contributed by atoms with Crippen LogP contribution in [0.1, 0.15) is 44.6 Å². The zero-order valence-electron chi connectivity index (χ0n) is 15.6. The maximum absolute atomic E-state index is 14.5. The molecule has 2 aromatic carbocycles. The van der Waals surface area contributed by atoms with Crippen molar-refractivity contribution in [3.05, 3.63) is 53.1 Å². The molecule has 1 aliphatic rings. The Hall–Kier alpha value is -2.04. The quantitative estimate of drug-likeness (QED) is 0.518. The van der Waals surface area contributed by atoms with Crippen molar-refractivity contribution in [2.75, 3.05) is 6.61 Å². The number of halogens is 4. The first-order chi connectivity index (χ1) is 12.9. The number of hydrogen-bond donors (Lipinski definition) is 0. The fourth-order valence-electron chi connectivity index (χ4n) is 3.72. The number of aryl methyl sites for hydroxylation is 1. The normalized spacial score (nSPS) is 19.9. The van der Waals surface area contributed by atoms with Crippen molar-refractivity contribution >= 4 is 0 Å². The predicted octanol–water partition coefficient (Wildman–Crippen LogP) is 6.81. The molecule has 0 unspecified atom stereocenters. The first-order valence-corrected chi connectivity index (χ1v) is 9.48. The Kier molecular flexibility index (Phi) is 6.08. The molecule has 3 rings (SSSR count). The van der Waals surface area contributed by atoms with Crippen molar-refractivity contribution in [1.82, 2.24) is 0 Å². The molecule has 5 heteroatoms. The molecule has 0 amide bonds. The minimum absolute atomic E-state index is 0.106. The lowest BCUT2D eigenvalue weighted by Gasteiger charge is -2.27. The summed E-state index contributed by atoms with van der Waals surface area (Å²) in [6, 6.07) is 5.10. The van der Waals surface area contributed by atoms with E-state index in [4.69, 9.17) is 4.74 Å². The van der Waals surface area contributed by atoms with Crippen LogP contribution in [0.25, 0.3) is 11.1 Å². The zero-order valence-corrected chi connectivity index (χ0v) is 15.6. The summed E-state index contributed by atoms with van der Waals surface area (Å²) in [5, 5.41) is 0. The lowest BCUT2D eigenvalue weighted by atomic mass is 9.81. The third kappa shape index (κ3) is 4.12.